The summed E-state index contributed by atoms with van der Waals surface area (Å²) in [4.78, 5) is 18.0. The van der Waals surface area contributed by atoms with Crippen molar-refractivity contribution in [3.05, 3.63) is 53.6 Å². The zero-order valence-corrected chi connectivity index (χ0v) is 14.2. The van der Waals surface area contributed by atoms with Crippen molar-refractivity contribution in [2.24, 2.45) is 0 Å². The molecule has 1 saturated heterocycles. The quantitative estimate of drug-likeness (QED) is 0.918. The van der Waals surface area contributed by atoms with Gasteiger partial charge in [0.15, 0.2) is 0 Å². The highest BCUT2D eigenvalue weighted by atomic mass is 16.5. The molecule has 5 nitrogen and oxygen atoms in total. The summed E-state index contributed by atoms with van der Waals surface area (Å²) in [6.45, 7) is 5.81. The van der Waals surface area contributed by atoms with Crippen LogP contribution in [0.3, 0.4) is 0 Å². The van der Waals surface area contributed by atoms with Crippen LogP contribution in [0.1, 0.15) is 24.5 Å². The van der Waals surface area contributed by atoms with Crippen LogP contribution in [-0.4, -0.2) is 30.0 Å². The number of carbonyl (C=O) groups excluding carboxylic acids is 1. The number of benzene rings is 1. The monoisotopic (exact) mass is 325 g/mol. The van der Waals surface area contributed by atoms with Gasteiger partial charge >= 0.3 is 0 Å². The summed E-state index contributed by atoms with van der Waals surface area (Å²) < 4.78 is 5.83. The van der Waals surface area contributed by atoms with E-state index in [1.165, 1.54) is 5.56 Å². The summed E-state index contributed by atoms with van der Waals surface area (Å²) in [6.07, 6.45) is 0.940. The number of carbonyl (C=O) groups is 1. The van der Waals surface area contributed by atoms with Gasteiger partial charge in [0, 0.05) is 32.1 Å². The van der Waals surface area contributed by atoms with Crippen LogP contribution in [0.25, 0.3) is 0 Å². The summed E-state index contributed by atoms with van der Waals surface area (Å²) in [5.74, 6) is 1.53. The Kier molecular flexibility index (Phi) is 4.99. The molecule has 1 N–H and O–H groups in total. The van der Waals surface area contributed by atoms with E-state index >= 15 is 0 Å². The molecule has 1 aromatic carbocycles. The molecule has 5 heteroatoms. The van der Waals surface area contributed by atoms with E-state index in [1.54, 1.807) is 6.92 Å². The number of anilines is 1. The summed E-state index contributed by atoms with van der Waals surface area (Å²) >= 11 is 0. The predicted octanol–water partition coefficient (Wildman–Crippen LogP) is 2.68. The zero-order chi connectivity index (χ0) is 16.9. The van der Waals surface area contributed by atoms with E-state index < -0.39 is 0 Å². The fourth-order valence-electron chi connectivity index (χ4n) is 2.99. The molecule has 1 amide bonds. The highest BCUT2D eigenvalue weighted by molar-refractivity contribution is 5.73. The number of nitrogens with zero attached hydrogens (tertiary/aromatic N) is 2. The van der Waals surface area contributed by atoms with Gasteiger partial charge < -0.3 is 15.0 Å². The van der Waals surface area contributed by atoms with Gasteiger partial charge in [-0.2, -0.15) is 4.98 Å². The number of hydrogen-bond acceptors (Lipinski definition) is 4. The second-order valence-electron chi connectivity index (χ2n) is 6.24. The Balaban J connectivity index is 1.61. The molecule has 1 unspecified atom stereocenters. The number of aryl methyl sites for hydroxylation is 1. The van der Waals surface area contributed by atoms with Crippen molar-refractivity contribution < 1.29 is 9.53 Å². The first-order valence-electron chi connectivity index (χ1n) is 8.27. The molecule has 0 saturated carbocycles. The van der Waals surface area contributed by atoms with Crippen LogP contribution >= 0.6 is 0 Å². The second kappa shape index (κ2) is 7.34. The Morgan fingerprint density at radius 2 is 2.17 bits per heavy atom. The lowest BCUT2D eigenvalue weighted by Crippen LogP contribution is -2.35. The molecule has 2 aromatic rings. The zero-order valence-electron chi connectivity index (χ0n) is 14.2. The van der Waals surface area contributed by atoms with Gasteiger partial charge in [-0.25, -0.2) is 0 Å². The molecule has 1 fully saturated rings. The predicted molar refractivity (Wildman–Crippen MR) is 94.2 cm³/mol. The molecular formula is C19H23N3O2. The van der Waals surface area contributed by atoms with Gasteiger partial charge in [-0.1, -0.05) is 35.9 Å². The van der Waals surface area contributed by atoms with Crippen LogP contribution in [-0.2, 0) is 11.4 Å². The van der Waals surface area contributed by atoms with E-state index in [0.29, 0.717) is 12.5 Å². The average Bonchev–Trinajstić information content (AvgIpc) is 3.01. The molecule has 3 rings (SSSR count). The van der Waals surface area contributed by atoms with Crippen molar-refractivity contribution in [3.63, 3.8) is 0 Å². The van der Waals surface area contributed by atoms with Crippen molar-refractivity contribution in [1.29, 1.82) is 0 Å². The van der Waals surface area contributed by atoms with E-state index in [0.717, 1.165) is 30.9 Å². The Bertz CT molecular complexity index is 717. The maximum Gasteiger partial charge on any atom is 0.217 e. The lowest BCUT2D eigenvalue weighted by Gasteiger charge is -2.18. The van der Waals surface area contributed by atoms with Crippen LogP contribution in [0.15, 0.2) is 42.5 Å². The molecule has 126 valence electrons. The summed E-state index contributed by atoms with van der Waals surface area (Å²) in [6, 6.07) is 14.3. The molecule has 1 aromatic heterocycles. The Morgan fingerprint density at radius 3 is 2.96 bits per heavy atom. The SMILES string of the molecule is CC(=O)NC1CCN(c2cccc(OCc3cccc(C)c3)n2)C1. The van der Waals surface area contributed by atoms with Gasteiger partial charge in [-0.3, -0.25) is 4.79 Å². The molecular weight excluding hydrogens is 302 g/mol. The van der Waals surface area contributed by atoms with Gasteiger partial charge in [0.25, 0.3) is 0 Å². The normalized spacial score (nSPS) is 16.9. The van der Waals surface area contributed by atoms with E-state index in [2.05, 4.69) is 40.3 Å². The molecule has 1 aliphatic heterocycles. The van der Waals surface area contributed by atoms with Crippen LogP contribution in [0.5, 0.6) is 5.88 Å². The Morgan fingerprint density at radius 1 is 1.33 bits per heavy atom. The first-order chi connectivity index (χ1) is 11.6. The molecule has 24 heavy (non-hydrogen) atoms. The van der Waals surface area contributed by atoms with E-state index in [-0.39, 0.29) is 11.9 Å². The van der Waals surface area contributed by atoms with Gasteiger partial charge in [-0.15, -0.1) is 0 Å². The summed E-state index contributed by atoms with van der Waals surface area (Å²) in [5.41, 5.74) is 2.35. The summed E-state index contributed by atoms with van der Waals surface area (Å²) in [5, 5.41) is 2.97. The highest BCUT2D eigenvalue weighted by Gasteiger charge is 2.24. The lowest BCUT2D eigenvalue weighted by atomic mass is 10.1. The van der Waals surface area contributed by atoms with Crippen molar-refractivity contribution in [2.75, 3.05) is 18.0 Å². The van der Waals surface area contributed by atoms with Crippen LogP contribution in [0, 0.1) is 6.92 Å². The molecule has 0 spiro atoms. The maximum absolute atomic E-state index is 11.2. The first kappa shape index (κ1) is 16.3. The second-order valence-corrected chi connectivity index (χ2v) is 6.24. The third kappa shape index (κ3) is 4.25. The molecule has 0 aliphatic carbocycles. The van der Waals surface area contributed by atoms with Crippen LogP contribution < -0.4 is 15.0 Å². The smallest absolute Gasteiger partial charge is 0.217 e. The molecule has 0 bridgehead atoms. The number of ether oxygens (including phenoxy) is 1. The minimum atomic E-state index is 0.0186. The summed E-state index contributed by atoms with van der Waals surface area (Å²) in [7, 11) is 0. The van der Waals surface area contributed by atoms with E-state index in [9.17, 15) is 4.79 Å². The topological polar surface area (TPSA) is 54.5 Å². The fourth-order valence-corrected chi connectivity index (χ4v) is 2.99. The molecule has 0 radical (unpaired) electrons. The number of amides is 1. The first-order valence-corrected chi connectivity index (χ1v) is 8.27. The third-order valence-corrected chi connectivity index (χ3v) is 4.10. The van der Waals surface area contributed by atoms with Gasteiger partial charge in [-0.05, 0) is 25.0 Å². The number of rotatable bonds is 5. The standard InChI is InChI=1S/C19H23N3O2/c1-14-5-3-6-16(11-14)13-24-19-8-4-7-18(21-19)22-10-9-17(12-22)20-15(2)23/h3-8,11,17H,9-10,12-13H2,1-2H3,(H,20,23). The molecule has 2 heterocycles. The number of aromatic nitrogens is 1. The molecule has 1 aliphatic rings. The largest absolute Gasteiger partial charge is 0.473 e. The fraction of sp³-hybridized carbons (Fsp3) is 0.368. The third-order valence-electron chi connectivity index (χ3n) is 4.10. The van der Waals surface area contributed by atoms with Crippen LogP contribution in [0.4, 0.5) is 5.82 Å². The van der Waals surface area contributed by atoms with E-state index in [4.69, 9.17) is 4.74 Å². The average molecular weight is 325 g/mol. The number of hydrogen-bond donors (Lipinski definition) is 1. The van der Waals surface area contributed by atoms with Gasteiger partial charge in [0.2, 0.25) is 11.8 Å². The minimum Gasteiger partial charge on any atom is -0.473 e. The van der Waals surface area contributed by atoms with Gasteiger partial charge in [0.1, 0.15) is 12.4 Å². The lowest BCUT2D eigenvalue weighted by molar-refractivity contribution is -0.119. The van der Waals surface area contributed by atoms with E-state index in [1.807, 2.05) is 24.3 Å². The highest BCUT2D eigenvalue weighted by Crippen LogP contribution is 2.21. The van der Waals surface area contributed by atoms with Crippen LogP contribution in [0.2, 0.25) is 0 Å². The van der Waals surface area contributed by atoms with Crippen molar-refractivity contribution in [3.8, 4) is 5.88 Å². The maximum atomic E-state index is 11.2. The number of nitrogens with one attached hydrogen (secondary N) is 1. The van der Waals surface area contributed by atoms with Crippen molar-refractivity contribution in [2.45, 2.75) is 32.9 Å². The number of pyridine rings is 1. The Hall–Kier alpha value is -2.56. The minimum absolute atomic E-state index is 0.0186. The Labute approximate surface area is 142 Å². The van der Waals surface area contributed by atoms with Crippen molar-refractivity contribution >= 4 is 11.7 Å². The van der Waals surface area contributed by atoms with Crippen molar-refractivity contribution in [1.82, 2.24) is 10.3 Å². The van der Waals surface area contributed by atoms with Gasteiger partial charge in [0.05, 0.1) is 0 Å². The molecule has 1 atom stereocenters.